The summed E-state index contributed by atoms with van der Waals surface area (Å²) in [4.78, 5) is 7.27. The third kappa shape index (κ3) is 10.0. The first-order chi connectivity index (χ1) is 11.1. The topological polar surface area (TPSA) is 59.9 Å². The fourth-order valence-corrected chi connectivity index (χ4v) is 3.30. The summed E-state index contributed by atoms with van der Waals surface area (Å²) in [5.41, 5.74) is 0. The van der Waals surface area contributed by atoms with E-state index in [1.807, 2.05) is 0 Å². The van der Waals surface area contributed by atoms with Crippen molar-refractivity contribution in [3.63, 3.8) is 0 Å². The van der Waals surface area contributed by atoms with Gasteiger partial charge in [-0.2, -0.15) is 0 Å². The number of nitrogens with zero attached hydrogens (tertiary/aromatic N) is 2. The molecule has 1 rings (SSSR count). The Labute approximate surface area is 166 Å². The zero-order valence-electron chi connectivity index (χ0n) is 16.1. The van der Waals surface area contributed by atoms with Gasteiger partial charge in [0.05, 0.1) is 0 Å². The van der Waals surface area contributed by atoms with Crippen LogP contribution < -0.4 is 10.6 Å². The van der Waals surface area contributed by atoms with E-state index < -0.39 is 0 Å². The molecule has 2 atom stereocenters. The molecule has 144 valence electrons. The van der Waals surface area contributed by atoms with Crippen molar-refractivity contribution in [2.24, 2.45) is 22.7 Å². The minimum Gasteiger partial charge on any atom is -0.396 e. The number of hydrogen-bond acceptors (Lipinski definition) is 3. The van der Waals surface area contributed by atoms with Crippen molar-refractivity contribution in [2.45, 2.75) is 47.0 Å². The number of hydrogen-bond donors (Lipinski definition) is 3. The van der Waals surface area contributed by atoms with Crippen LogP contribution in [0.25, 0.3) is 0 Å². The molecule has 24 heavy (non-hydrogen) atoms. The fraction of sp³-hybridized carbons (Fsp3) is 0.944. The minimum atomic E-state index is 0. The van der Waals surface area contributed by atoms with Crippen molar-refractivity contribution in [3.8, 4) is 0 Å². The monoisotopic (exact) mass is 454 g/mol. The number of nitrogens with one attached hydrogen (secondary N) is 2. The van der Waals surface area contributed by atoms with Gasteiger partial charge in [0.15, 0.2) is 5.96 Å². The molecule has 0 spiro atoms. The Morgan fingerprint density at radius 1 is 1.29 bits per heavy atom. The predicted octanol–water partition coefficient (Wildman–Crippen LogP) is 2.55. The molecule has 1 aliphatic heterocycles. The van der Waals surface area contributed by atoms with E-state index in [9.17, 15) is 5.11 Å². The first-order valence-electron chi connectivity index (χ1n) is 9.44. The van der Waals surface area contributed by atoms with Gasteiger partial charge in [0.25, 0.3) is 0 Å². The minimum absolute atomic E-state index is 0. The number of rotatable bonds is 10. The van der Waals surface area contributed by atoms with Crippen molar-refractivity contribution in [1.29, 1.82) is 0 Å². The summed E-state index contributed by atoms with van der Waals surface area (Å²) < 4.78 is 0. The molecule has 5 nitrogen and oxygen atoms in total. The van der Waals surface area contributed by atoms with Gasteiger partial charge >= 0.3 is 0 Å². The Hall–Kier alpha value is -0.0800. The van der Waals surface area contributed by atoms with Gasteiger partial charge < -0.3 is 20.6 Å². The predicted molar refractivity (Wildman–Crippen MR) is 114 cm³/mol. The normalized spacial score (nSPS) is 20.1. The second kappa shape index (κ2) is 14.1. The molecule has 1 fully saturated rings. The first-order valence-corrected chi connectivity index (χ1v) is 9.44. The Morgan fingerprint density at radius 2 is 2.04 bits per heavy atom. The zero-order valence-corrected chi connectivity index (χ0v) is 18.4. The Bertz CT molecular complexity index is 339. The Balaban J connectivity index is 0.00000529. The maximum absolute atomic E-state index is 9.23. The number of guanidine groups is 1. The molecule has 0 aromatic rings. The number of aliphatic imine (C=N–C) groups is 1. The third-order valence-electron chi connectivity index (χ3n) is 4.57. The second-order valence-corrected chi connectivity index (χ2v) is 7.16. The molecular weight excluding hydrogens is 415 g/mol. The smallest absolute Gasteiger partial charge is 0.191 e. The summed E-state index contributed by atoms with van der Waals surface area (Å²) in [6, 6.07) is 0. The summed E-state index contributed by atoms with van der Waals surface area (Å²) in [5.74, 6) is 2.77. The lowest BCUT2D eigenvalue weighted by atomic mass is 9.94. The molecule has 3 N–H and O–H groups in total. The molecule has 0 aliphatic carbocycles. The summed E-state index contributed by atoms with van der Waals surface area (Å²) in [7, 11) is 0. The number of aliphatic hydroxyl groups excluding tert-OH is 1. The van der Waals surface area contributed by atoms with Gasteiger partial charge in [0, 0.05) is 32.8 Å². The van der Waals surface area contributed by atoms with Crippen LogP contribution in [0.2, 0.25) is 0 Å². The van der Waals surface area contributed by atoms with Crippen LogP contribution in [0.15, 0.2) is 4.99 Å². The SMILES string of the molecule is CCNC(=NCC(CCO)CC(C)C)NCC1CCN(CC)C1.I. The van der Waals surface area contributed by atoms with Crippen LogP contribution in [0.3, 0.4) is 0 Å². The van der Waals surface area contributed by atoms with Crippen molar-refractivity contribution < 1.29 is 5.11 Å². The van der Waals surface area contributed by atoms with Gasteiger partial charge in [-0.05, 0) is 57.0 Å². The summed E-state index contributed by atoms with van der Waals surface area (Å²) >= 11 is 0. The van der Waals surface area contributed by atoms with Crippen LogP contribution in [0.1, 0.15) is 47.0 Å². The van der Waals surface area contributed by atoms with E-state index in [4.69, 9.17) is 4.99 Å². The number of halogens is 1. The zero-order chi connectivity index (χ0) is 17.1. The van der Waals surface area contributed by atoms with E-state index in [0.29, 0.717) is 11.8 Å². The molecule has 1 aliphatic rings. The van der Waals surface area contributed by atoms with Gasteiger partial charge in [0.1, 0.15) is 0 Å². The van der Waals surface area contributed by atoms with Crippen LogP contribution in [0.4, 0.5) is 0 Å². The highest BCUT2D eigenvalue weighted by atomic mass is 127. The quantitative estimate of drug-likeness (QED) is 0.270. The van der Waals surface area contributed by atoms with Gasteiger partial charge in [-0.25, -0.2) is 0 Å². The van der Waals surface area contributed by atoms with Crippen LogP contribution in [0.5, 0.6) is 0 Å². The number of likely N-dealkylation sites (tertiary alicyclic amines) is 1. The van der Waals surface area contributed by atoms with Crippen LogP contribution in [-0.4, -0.2) is 61.8 Å². The second-order valence-electron chi connectivity index (χ2n) is 7.16. The van der Waals surface area contributed by atoms with Crippen molar-refractivity contribution in [2.75, 3.05) is 45.9 Å². The van der Waals surface area contributed by atoms with E-state index in [1.54, 1.807) is 0 Å². The van der Waals surface area contributed by atoms with Crippen molar-refractivity contribution in [3.05, 3.63) is 0 Å². The number of aliphatic hydroxyl groups is 1. The molecule has 6 heteroatoms. The lowest BCUT2D eigenvalue weighted by Crippen LogP contribution is -2.40. The lowest BCUT2D eigenvalue weighted by Gasteiger charge is -2.19. The maximum Gasteiger partial charge on any atom is 0.191 e. The van der Waals surface area contributed by atoms with Crippen molar-refractivity contribution >= 4 is 29.9 Å². The summed E-state index contributed by atoms with van der Waals surface area (Å²) in [5, 5.41) is 16.1. The van der Waals surface area contributed by atoms with Crippen LogP contribution in [0, 0.1) is 17.8 Å². The molecule has 1 heterocycles. The molecule has 0 radical (unpaired) electrons. The summed E-state index contributed by atoms with van der Waals surface area (Å²) in [6.07, 6.45) is 3.24. The van der Waals surface area contributed by atoms with Gasteiger partial charge in [-0.1, -0.05) is 20.8 Å². The van der Waals surface area contributed by atoms with Crippen LogP contribution >= 0.6 is 24.0 Å². The average molecular weight is 454 g/mol. The maximum atomic E-state index is 9.23. The standard InChI is InChI=1S/C18H38N4O.HI/c1-5-19-18(20-12-16(8-10-23)11-15(3)4)21-13-17-7-9-22(6-2)14-17;/h15-17,23H,5-14H2,1-4H3,(H2,19,20,21);1H. The van der Waals surface area contributed by atoms with Gasteiger partial charge in [-0.3, -0.25) is 4.99 Å². The highest BCUT2D eigenvalue weighted by molar-refractivity contribution is 14.0. The molecular formula is C18H39IN4O. The van der Waals surface area contributed by atoms with E-state index >= 15 is 0 Å². The molecule has 0 saturated carbocycles. The van der Waals surface area contributed by atoms with E-state index in [2.05, 4.69) is 43.2 Å². The van der Waals surface area contributed by atoms with E-state index in [1.165, 1.54) is 19.5 Å². The van der Waals surface area contributed by atoms with E-state index in [-0.39, 0.29) is 30.6 Å². The summed E-state index contributed by atoms with van der Waals surface area (Å²) in [6.45, 7) is 15.3. The Morgan fingerprint density at radius 3 is 2.58 bits per heavy atom. The Kier molecular flexibility index (Phi) is 14.1. The third-order valence-corrected chi connectivity index (χ3v) is 4.57. The molecule has 0 aromatic carbocycles. The van der Waals surface area contributed by atoms with E-state index in [0.717, 1.165) is 50.9 Å². The largest absolute Gasteiger partial charge is 0.396 e. The van der Waals surface area contributed by atoms with Crippen LogP contribution in [-0.2, 0) is 0 Å². The highest BCUT2D eigenvalue weighted by Crippen LogP contribution is 2.16. The molecule has 0 amide bonds. The highest BCUT2D eigenvalue weighted by Gasteiger charge is 2.21. The molecule has 2 unspecified atom stereocenters. The fourth-order valence-electron chi connectivity index (χ4n) is 3.30. The first kappa shape index (κ1) is 23.9. The van der Waals surface area contributed by atoms with Gasteiger partial charge in [0.2, 0.25) is 0 Å². The molecule has 0 bridgehead atoms. The lowest BCUT2D eigenvalue weighted by molar-refractivity contribution is 0.245. The average Bonchev–Trinajstić information content (AvgIpc) is 2.97. The van der Waals surface area contributed by atoms with Crippen molar-refractivity contribution in [1.82, 2.24) is 15.5 Å². The molecule has 1 saturated heterocycles. The molecule has 0 aromatic heterocycles. The van der Waals surface area contributed by atoms with Gasteiger partial charge in [-0.15, -0.1) is 24.0 Å².